The lowest BCUT2D eigenvalue weighted by Crippen LogP contribution is -2.15. The van der Waals surface area contributed by atoms with Crippen molar-refractivity contribution in [2.24, 2.45) is 0 Å². The number of aryl methyl sites for hydroxylation is 3. The van der Waals surface area contributed by atoms with Gasteiger partial charge in [-0.05, 0) is 75.7 Å². The zero-order valence-corrected chi connectivity index (χ0v) is 17.2. The number of carbonyl (C=O) groups excluding carboxylic acids is 1. The fourth-order valence-corrected chi connectivity index (χ4v) is 3.43. The lowest BCUT2D eigenvalue weighted by molar-refractivity contribution is 0.0944. The van der Waals surface area contributed by atoms with E-state index in [1.807, 2.05) is 63.2 Å². The first-order valence-corrected chi connectivity index (χ1v) is 9.25. The molecule has 2 heterocycles. The van der Waals surface area contributed by atoms with Crippen LogP contribution in [-0.2, 0) is 0 Å². The van der Waals surface area contributed by atoms with Gasteiger partial charge in [0.05, 0.1) is 5.69 Å². The maximum atomic E-state index is 12.7. The van der Waals surface area contributed by atoms with Gasteiger partial charge in [0.25, 0.3) is 5.91 Å². The molecule has 0 aliphatic carbocycles. The van der Waals surface area contributed by atoms with Gasteiger partial charge in [-0.2, -0.15) is 10.4 Å². The minimum absolute atomic E-state index is 0.0530. The Morgan fingerprint density at radius 1 is 1.11 bits per heavy atom. The highest BCUT2D eigenvalue weighted by Gasteiger charge is 2.17. The molecule has 3 rings (SSSR count). The number of hydrogen-bond donors (Lipinski definition) is 0. The molecule has 0 atom stereocenters. The topological polar surface area (TPSA) is 63.6 Å². The summed E-state index contributed by atoms with van der Waals surface area (Å²) < 4.78 is 4.38. The molecule has 0 spiro atoms. The van der Waals surface area contributed by atoms with Crippen LogP contribution in [0.15, 0.2) is 46.4 Å². The molecule has 5 nitrogen and oxygen atoms in total. The standard InChI is InChI=1S/C21H19BrN4O/c1-13-9-15(3)26(24-13)21(27)18(12-23)11-17-10-14(2)25(16(17)4)20-7-5-19(22)6-8-20/h5-11H,1-4H3/b18-11+. The van der Waals surface area contributed by atoms with Crippen molar-refractivity contribution in [3.63, 3.8) is 0 Å². The molecular formula is C21H19BrN4O. The minimum Gasteiger partial charge on any atom is -0.318 e. The lowest BCUT2D eigenvalue weighted by atomic mass is 10.1. The maximum absolute atomic E-state index is 12.7. The van der Waals surface area contributed by atoms with Gasteiger partial charge in [0.15, 0.2) is 0 Å². The third-order valence-electron chi connectivity index (χ3n) is 4.41. The Labute approximate surface area is 166 Å². The van der Waals surface area contributed by atoms with E-state index in [2.05, 4.69) is 25.6 Å². The third-order valence-corrected chi connectivity index (χ3v) is 4.94. The summed E-state index contributed by atoms with van der Waals surface area (Å²) in [4.78, 5) is 12.7. The predicted molar refractivity (Wildman–Crippen MR) is 109 cm³/mol. The second-order valence-electron chi connectivity index (χ2n) is 6.45. The van der Waals surface area contributed by atoms with Crippen molar-refractivity contribution in [2.45, 2.75) is 27.7 Å². The lowest BCUT2D eigenvalue weighted by Gasteiger charge is -2.09. The van der Waals surface area contributed by atoms with Crippen LogP contribution < -0.4 is 0 Å². The van der Waals surface area contributed by atoms with Crippen LogP contribution in [0.1, 0.15) is 33.1 Å². The van der Waals surface area contributed by atoms with Gasteiger partial charge >= 0.3 is 0 Å². The van der Waals surface area contributed by atoms with E-state index in [0.717, 1.165) is 32.8 Å². The Kier molecular flexibility index (Phi) is 5.15. The highest BCUT2D eigenvalue weighted by Crippen LogP contribution is 2.24. The van der Waals surface area contributed by atoms with Crippen LogP contribution in [0.4, 0.5) is 0 Å². The number of carbonyl (C=O) groups is 1. The number of hydrogen-bond acceptors (Lipinski definition) is 3. The first-order valence-electron chi connectivity index (χ1n) is 8.46. The minimum atomic E-state index is -0.420. The Hall–Kier alpha value is -2.91. The van der Waals surface area contributed by atoms with Crippen LogP contribution in [0.5, 0.6) is 0 Å². The van der Waals surface area contributed by atoms with Crippen molar-refractivity contribution in [3.8, 4) is 11.8 Å². The molecule has 27 heavy (non-hydrogen) atoms. The summed E-state index contributed by atoms with van der Waals surface area (Å²) in [6, 6.07) is 13.8. The molecule has 2 aromatic heterocycles. The molecule has 0 aliphatic heterocycles. The van der Waals surface area contributed by atoms with Gasteiger partial charge in [0.1, 0.15) is 11.6 Å². The SMILES string of the molecule is Cc1cc(C)n(C(=O)/C(C#N)=C/c2cc(C)n(-c3ccc(Br)cc3)c2C)n1. The van der Waals surface area contributed by atoms with E-state index in [9.17, 15) is 10.1 Å². The van der Waals surface area contributed by atoms with Crippen LogP contribution in [-0.4, -0.2) is 20.3 Å². The molecule has 6 heteroatoms. The molecular weight excluding hydrogens is 404 g/mol. The molecule has 0 fully saturated rings. The average molecular weight is 423 g/mol. The Morgan fingerprint density at radius 3 is 2.33 bits per heavy atom. The molecule has 0 radical (unpaired) electrons. The average Bonchev–Trinajstić information content (AvgIpc) is 3.11. The number of halogens is 1. The summed E-state index contributed by atoms with van der Waals surface area (Å²) in [5, 5.41) is 13.7. The fourth-order valence-electron chi connectivity index (χ4n) is 3.17. The first kappa shape index (κ1) is 18.9. The van der Waals surface area contributed by atoms with E-state index in [0.29, 0.717) is 5.69 Å². The quantitative estimate of drug-likeness (QED) is 0.444. The second-order valence-corrected chi connectivity index (χ2v) is 7.37. The third kappa shape index (κ3) is 3.64. The molecule has 0 aliphatic rings. The zero-order chi connectivity index (χ0) is 19.7. The van der Waals surface area contributed by atoms with Crippen molar-refractivity contribution >= 4 is 27.9 Å². The summed E-state index contributed by atoms with van der Waals surface area (Å²) in [6.45, 7) is 7.59. The summed E-state index contributed by atoms with van der Waals surface area (Å²) in [6.07, 6.45) is 1.64. The van der Waals surface area contributed by atoms with Crippen molar-refractivity contribution in [1.29, 1.82) is 5.26 Å². The van der Waals surface area contributed by atoms with E-state index < -0.39 is 5.91 Å². The first-order chi connectivity index (χ1) is 12.8. The molecule has 0 saturated carbocycles. The van der Waals surface area contributed by atoms with Crippen LogP contribution in [0.25, 0.3) is 11.8 Å². The maximum Gasteiger partial charge on any atom is 0.289 e. The Balaban J connectivity index is 2.04. The predicted octanol–water partition coefficient (Wildman–Crippen LogP) is 4.92. The smallest absolute Gasteiger partial charge is 0.289 e. The summed E-state index contributed by atoms with van der Waals surface area (Å²) in [5.41, 5.74) is 5.35. The molecule has 3 aromatic rings. The van der Waals surface area contributed by atoms with Crippen molar-refractivity contribution in [2.75, 3.05) is 0 Å². The number of aromatic nitrogens is 3. The van der Waals surface area contributed by atoms with Crippen LogP contribution in [0.3, 0.4) is 0 Å². The largest absolute Gasteiger partial charge is 0.318 e. The van der Waals surface area contributed by atoms with Gasteiger partial charge in [0, 0.05) is 27.2 Å². The van der Waals surface area contributed by atoms with Gasteiger partial charge in [0.2, 0.25) is 0 Å². The van der Waals surface area contributed by atoms with Crippen molar-refractivity contribution < 1.29 is 4.79 Å². The van der Waals surface area contributed by atoms with E-state index in [1.54, 1.807) is 13.0 Å². The van der Waals surface area contributed by atoms with E-state index in [4.69, 9.17) is 0 Å². The number of rotatable bonds is 3. The summed E-state index contributed by atoms with van der Waals surface area (Å²) in [5.74, 6) is -0.420. The van der Waals surface area contributed by atoms with Crippen LogP contribution >= 0.6 is 15.9 Å². The van der Waals surface area contributed by atoms with Gasteiger partial charge in [-0.25, -0.2) is 4.68 Å². The number of benzene rings is 1. The molecule has 1 aromatic carbocycles. The number of allylic oxidation sites excluding steroid dienone is 1. The van der Waals surface area contributed by atoms with E-state index in [1.165, 1.54) is 4.68 Å². The molecule has 0 saturated heterocycles. The fraction of sp³-hybridized carbons (Fsp3) is 0.190. The van der Waals surface area contributed by atoms with Crippen molar-refractivity contribution in [1.82, 2.24) is 14.3 Å². The highest BCUT2D eigenvalue weighted by molar-refractivity contribution is 9.10. The van der Waals surface area contributed by atoms with Gasteiger partial charge in [-0.15, -0.1) is 0 Å². The second kappa shape index (κ2) is 7.37. The van der Waals surface area contributed by atoms with Crippen LogP contribution in [0.2, 0.25) is 0 Å². The summed E-state index contributed by atoms with van der Waals surface area (Å²) in [7, 11) is 0. The zero-order valence-electron chi connectivity index (χ0n) is 15.6. The van der Waals surface area contributed by atoms with Gasteiger partial charge < -0.3 is 4.57 Å². The molecule has 0 amide bonds. The monoisotopic (exact) mass is 422 g/mol. The van der Waals surface area contributed by atoms with Crippen LogP contribution in [0, 0.1) is 39.0 Å². The van der Waals surface area contributed by atoms with E-state index >= 15 is 0 Å². The Morgan fingerprint density at radius 2 is 1.78 bits per heavy atom. The van der Waals surface area contributed by atoms with Gasteiger partial charge in [-0.3, -0.25) is 4.79 Å². The molecule has 0 unspecified atom stereocenters. The number of nitriles is 1. The summed E-state index contributed by atoms with van der Waals surface area (Å²) >= 11 is 3.45. The normalized spacial score (nSPS) is 11.5. The van der Waals surface area contributed by atoms with E-state index in [-0.39, 0.29) is 5.57 Å². The molecule has 0 N–H and O–H groups in total. The van der Waals surface area contributed by atoms with Crippen molar-refractivity contribution in [3.05, 3.63) is 74.8 Å². The molecule has 0 bridgehead atoms. The molecule has 136 valence electrons. The van der Waals surface area contributed by atoms with Gasteiger partial charge in [-0.1, -0.05) is 15.9 Å². The Bertz CT molecular complexity index is 1090. The number of nitrogens with zero attached hydrogens (tertiary/aromatic N) is 4. The highest BCUT2D eigenvalue weighted by atomic mass is 79.9.